The molecule has 0 unspecified atom stereocenters. The predicted molar refractivity (Wildman–Crippen MR) is 114 cm³/mol. The van der Waals surface area contributed by atoms with Crippen LogP contribution in [0, 0.1) is 0 Å². The van der Waals surface area contributed by atoms with Crippen molar-refractivity contribution in [2.45, 2.75) is 0 Å². The van der Waals surface area contributed by atoms with Crippen LogP contribution in [0.2, 0.25) is 0 Å². The van der Waals surface area contributed by atoms with Gasteiger partial charge in [-0.3, -0.25) is 9.69 Å². The highest BCUT2D eigenvalue weighted by atomic mass is 16.5. The minimum absolute atomic E-state index is 0.176. The van der Waals surface area contributed by atoms with E-state index < -0.39 is 0 Å². The van der Waals surface area contributed by atoms with Gasteiger partial charge in [-0.1, -0.05) is 42.5 Å². The molecular weight excluding hydrogens is 364 g/mol. The minimum Gasteiger partial charge on any atom is -0.497 e. The standard InChI is InChI=1S/C24H20N2O3/c1-28-20-12-8-17(9-13-20)16-22-24(27)26(19-10-14-21(29-2)15-11-19)23(25-22)18-6-4-3-5-7-18/h3-16H,1-2H3/b22-16-. The van der Waals surface area contributed by atoms with Crippen molar-refractivity contribution in [3.8, 4) is 11.5 Å². The van der Waals surface area contributed by atoms with Crippen molar-refractivity contribution in [1.82, 2.24) is 0 Å². The normalized spacial score (nSPS) is 14.8. The molecular formula is C24H20N2O3. The summed E-state index contributed by atoms with van der Waals surface area (Å²) in [4.78, 5) is 19.6. The molecule has 0 radical (unpaired) electrons. The van der Waals surface area contributed by atoms with Gasteiger partial charge in [-0.05, 0) is 48.0 Å². The Morgan fingerprint density at radius 3 is 1.97 bits per heavy atom. The van der Waals surface area contributed by atoms with Gasteiger partial charge in [-0.2, -0.15) is 0 Å². The summed E-state index contributed by atoms with van der Waals surface area (Å²) in [5.74, 6) is 1.91. The van der Waals surface area contributed by atoms with E-state index in [1.54, 1.807) is 25.2 Å². The van der Waals surface area contributed by atoms with Crippen LogP contribution in [0.15, 0.2) is 89.6 Å². The Bertz CT molecular complexity index is 1070. The third-order valence-electron chi connectivity index (χ3n) is 4.64. The first-order chi connectivity index (χ1) is 14.2. The van der Waals surface area contributed by atoms with Gasteiger partial charge in [0.2, 0.25) is 0 Å². The van der Waals surface area contributed by atoms with E-state index in [4.69, 9.17) is 9.47 Å². The van der Waals surface area contributed by atoms with Gasteiger partial charge in [0.15, 0.2) is 0 Å². The maximum atomic E-state index is 13.3. The van der Waals surface area contributed by atoms with Gasteiger partial charge in [0.25, 0.3) is 5.91 Å². The van der Waals surface area contributed by atoms with Crippen LogP contribution in [0.5, 0.6) is 11.5 Å². The number of carbonyl (C=O) groups is 1. The molecule has 29 heavy (non-hydrogen) atoms. The van der Waals surface area contributed by atoms with E-state index in [1.807, 2.05) is 78.9 Å². The van der Waals surface area contributed by atoms with Gasteiger partial charge >= 0.3 is 0 Å². The summed E-state index contributed by atoms with van der Waals surface area (Å²) in [6, 6.07) is 24.6. The van der Waals surface area contributed by atoms with Crippen molar-refractivity contribution in [3.63, 3.8) is 0 Å². The second-order valence-corrected chi connectivity index (χ2v) is 6.44. The van der Waals surface area contributed by atoms with Crippen molar-refractivity contribution in [2.24, 2.45) is 4.99 Å². The van der Waals surface area contributed by atoms with Crippen molar-refractivity contribution < 1.29 is 14.3 Å². The van der Waals surface area contributed by atoms with Gasteiger partial charge in [-0.25, -0.2) is 4.99 Å². The lowest BCUT2D eigenvalue weighted by atomic mass is 10.1. The highest BCUT2D eigenvalue weighted by Crippen LogP contribution is 2.29. The van der Waals surface area contributed by atoms with E-state index in [0.29, 0.717) is 11.5 Å². The molecule has 0 atom stereocenters. The molecule has 1 aliphatic heterocycles. The van der Waals surface area contributed by atoms with E-state index >= 15 is 0 Å². The topological polar surface area (TPSA) is 51.1 Å². The zero-order valence-electron chi connectivity index (χ0n) is 16.2. The number of aliphatic imine (C=N–C) groups is 1. The molecule has 0 aromatic heterocycles. The summed E-state index contributed by atoms with van der Waals surface area (Å²) in [5.41, 5.74) is 2.86. The maximum Gasteiger partial charge on any atom is 0.282 e. The van der Waals surface area contributed by atoms with Crippen LogP contribution in [0.1, 0.15) is 11.1 Å². The fourth-order valence-corrected chi connectivity index (χ4v) is 3.13. The van der Waals surface area contributed by atoms with Crippen molar-refractivity contribution in [3.05, 3.63) is 95.7 Å². The molecule has 3 aromatic rings. The molecule has 1 amide bonds. The number of ether oxygens (including phenoxy) is 2. The maximum absolute atomic E-state index is 13.3. The average Bonchev–Trinajstić information content (AvgIpc) is 3.11. The molecule has 3 aromatic carbocycles. The lowest BCUT2D eigenvalue weighted by molar-refractivity contribution is -0.113. The molecule has 144 valence electrons. The Hall–Kier alpha value is -3.86. The molecule has 0 saturated heterocycles. The quantitative estimate of drug-likeness (QED) is 0.607. The number of rotatable bonds is 5. The van der Waals surface area contributed by atoms with Crippen molar-refractivity contribution in [2.75, 3.05) is 19.1 Å². The first-order valence-electron chi connectivity index (χ1n) is 9.18. The lowest BCUT2D eigenvalue weighted by Gasteiger charge is -2.18. The summed E-state index contributed by atoms with van der Waals surface area (Å²) >= 11 is 0. The first kappa shape index (κ1) is 18.5. The molecule has 0 saturated carbocycles. The summed E-state index contributed by atoms with van der Waals surface area (Å²) in [6.45, 7) is 0. The second-order valence-electron chi connectivity index (χ2n) is 6.44. The number of carbonyl (C=O) groups excluding carboxylic acids is 1. The monoisotopic (exact) mass is 384 g/mol. The van der Waals surface area contributed by atoms with Crippen LogP contribution < -0.4 is 14.4 Å². The molecule has 1 aliphatic rings. The number of nitrogens with zero attached hydrogens (tertiary/aromatic N) is 2. The SMILES string of the molecule is COc1ccc(/C=C2\N=C(c3ccccc3)N(c3ccc(OC)cc3)C2=O)cc1. The summed E-state index contributed by atoms with van der Waals surface area (Å²) in [6.07, 6.45) is 1.79. The second kappa shape index (κ2) is 8.02. The smallest absolute Gasteiger partial charge is 0.282 e. The van der Waals surface area contributed by atoms with Crippen molar-refractivity contribution in [1.29, 1.82) is 0 Å². The first-order valence-corrected chi connectivity index (χ1v) is 9.18. The molecule has 1 heterocycles. The number of methoxy groups -OCH3 is 2. The molecule has 0 spiro atoms. The third-order valence-corrected chi connectivity index (χ3v) is 4.64. The molecule has 0 aliphatic carbocycles. The Kier molecular flexibility index (Phi) is 5.12. The van der Waals surface area contributed by atoms with Crippen LogP contribution >= 0.6 is 0 Å². The Balaban J connectivity index is 1.76. The van der Waals surface area contributed by atoms with Gasteiger partial charge in [-0.15, -0.1) is 0 Å². The van der Waals surface area contributed by atoms with E-state index in [1.165, 1.54) is 0 Å². The fourth-order valence-electron chi connectivity index (χ4n) is 3.13. The van der Waals surface area contributed by atoms with Crippen LogP contribution in [-0.2, 0) is 4.79 Å². The van der Waals surface area contributed by atoms with Gasteiger partial charge < -0.3 is 9.47 Å². The number of amides is 1. The Morgan fingerprint density at radius 1 is 0.793 bits per heavy atom. The van der Waals surface area contributed by atoms with Crippen molar-refractivity contribution >= 4 is 23.5 Å². The largest absolute Gasteiger partial charge is 0.497 e. The van der Waals surface area contributed by atoms with E-state index in [9.17, 15) is 4.79 Å². The average molecular weight is 384 g/mol. The Morgan fingerprint density at radius 2 is 1.38 bits per heavy atom. The van der Waals surface area contributed by atoms with E-state index in [-0.39, 0.29) is 5.91 Å². The molecule has 0 fully saturated rings. The zero-order chi connectivity index (χ0) is 20.2. The van der Waals surface area contributed by atoms with Gasteiger partial charge in [0, 0.05) is 5.56 Å². The molecule has 5 nitrogen and oxygen atoms in total. The summed E-state index contributed by atoms with van der Waals surface area (Å²) < 4.78 is 10.4. The van der Waals surface area contributed by atoms with Crippen LogP contribution in [0.25, 0.3) is 6.08 Å². The van der Waals surface area contributed by atoms with Crippen LogP contribution in [0.4, 0.5) is 5.69 Å². The number of hydrogen-bond donors (Lipinski definition) is 0. The Labute approximate surface area is 169 Å². The zero-order valence-corrected chi connectivity index (χ0v) is 16.2. The van der Waals surface area contributed by atoms with E-state index in [0.717, 1.165) is 28.3 Å². The fraction of sp³-hybridized carbons (Fsp3) is 0.0833. The highest BCUT2D eigenvalue weighted by molar-refractivity contribution is 6.33. The van der Waals surface area contributed by atoms with Gasteiger partial charge in [0.05, 0.1) is 19.9 Å². The lowest BCUT2D eigenvalue weighted by Crippen LogP contribution is -2.32. The molecule has 4 rings (SSSR count). The third kappa shape index (κ3) is 3.75. The molecule has 0 bridgehead atoms. The van der Waals surface area contributed by atoms with Crippen LogP contribution in [0.3, 0.4) is 0 Å². The summed E-state index contributed by atoms with van der Waals surface area (Å²) in [7, 11) is 3.24. The predicted octanol–water partition coefficient (Wildman–Crippen LogP) is 4.54. The van der Waals surface area contributed by atoms with Gasteiger partial charge in [0.1, 0.15) is 23.0 Å². The highest BCUT2D eigenvalue weighted by Gasteiger charge is 2.32. The molecule has 0 N–H and O–H groups in total. The van der Waals surface area contributed by atoms with Crippen LogP contribution in [-0.4, -0.2) is 26.0 Å². The summed E-state index contributed by atoms with van der Waals surface area (Å²) in [5, 5.41) is 0. The van der Waals surface area contributed by atoms with E-state index in [2.05, 4.69) is 4.99 Å². The minimum atomic E-state index is -0.176. The number of anilines is 1. The number of hydrogen-bond acceptors (Lipinski definition) is 4. The number of amidine groups is 1. The number of benzene rings is 3. The molecule has 5 heteroatoms.